The molecule has 1 atom stereocenters. The molecular formula is C17H30N2O2+2. The molecule has 4 nitrogen and oxygen atoms in total. The lowest BCUT2D eigenvalue weighted by Gasteiger charge is -2.60. The lowest BCUT2D eigenvalue weighted by molar-refractivity contribution is -1.17. The van der Waals surface area contributed by atoms with Crippen molar-refractivity contribution in [1.82, 2.24) is 0 Å². The Kier molecular flexibility index (Phi) is 2.76. The van der Waals surface area contributed by atoms with Gasteiger partial charge < -0.3 is 4.74 Å². The summed E-state index contributed by atoms with van der Waals surface area (Å²) in [6, 6.07) is 0. The van der Waals surface area contributed by atoms with Crippen LogP contribution in [0, 0.1) is 16.7 Å². The highest BCUT2D eigenvalue weighted by Gasteiger charge is 2.69. The summed E-state index contributed by atoms with van der Waals surface area (Å²) in [5.41, 5.74) is -0.0947. The highest BCUT2D eigenvalue weighted by atomic mass is 16.5. The van der Waals surface area contributed by atoms with Crippen LogP contribution < -0.4 is 9.80 Å². The Hall–Kier alpha value is -0.450. The molecule has 0 aromatic carbocycles. The zero-order valence-corrected chi connectivity index (χ0v) is 13.9. The molecule has 4 heteroatoms. The van der Waals surface area contributed by atoms with Crippen molar-refractivity contribution in [3.63, 3.8) is 0 Å². The van der Waals surface area contributed by atoms with Crippen molar-refractivity contribution in [3.05, 3.63) is 0 Å². The van der Waals surface area contributed by atoms with Gasteiger partial charge in [-0.1, -0.05) is 0 Å². The zero-order chi connectivity index (χ0) is 15.0. The number of carbonyl (C=O) groups is 1. The van der Waals surface area contributed by atoms with Crippen LogP contribution in [0.15, 0.2) is 0 Å². The number of quaternary nitrogens is 2. The van der Waals surface area contributed by atoms with Gasteiger partial charge in [-0.3, -0.25) is 14.6 Å². The molecule has 0 aromatic heterocycles. The summed E-state index contributed by atoms with van der Waals surface area (Å²) in [7, 11) is 0. The van der Waals surface area contributed by atoms with Crippen LogP contribution in [0.1, 0.15) is 40.5 Å². The standard InChI is InChI=1S/C17H28N2O2/c1-15(2)7-12(5-6-21-15)13-18-8-16(3)9-19(13)11-17(4,10-18)14(16)20/h12-13H,5-11H2,1-4H3/p+2/t12-,13?,16?,17?/m1/s1. The van der Waals surface area contributed by atoms with Gasteiger partial charge in [0.05, 0.1) is 37.7 Å². The van der Waals surface area contributed by atoms with E-state index in [4.69, 9.17) is 4.74 Å². The van der Waals surface area contributed by atoms with E-state index in [0.29, 0.717) is 11.9 Å². The maximum atomic E-state index is 12.8. The normalized spacial score (nSPS) is 55.0. The summed E-state index contributed by atoms with van der Waals surface area (Å²) in [6.07, 6.45) is 3.07. The predicted molar refractivity (Wildman–Crippen MR) is 79.2 cm³/mol. The summed E-state index contributed by atoms with van der Waals surface area (Å²) in [5, 5.41) is 0. The molecule has 5 aliphatic heterocycles. The first kappa shape index (κ1) is 14.2. The molecule has 0 aromatic rings. The number of hydrogen-bond donors (Lipinski definition) is 2. The molecule has 0 aliphatic carbocycles. The first-order valence-corrected chi connectivity index (χ1v) is 8.61. The Balaban J connectivity index is 1.62. The minimum absolute atomic E-state index is 0.0301. The summed E-state index contributed by atoms with van der Waals surface area (Å²) >= 11 is 0. The molecule has 4 bridgehead atoms. The van der Waals surface area contributed by atoms with Gasteiger partial charge in [0, 0.05) is 6.61 Å². The molecule has 21 heavy (non-hydrogen) atoms. The molecule has 0 amide bonds. The van der Waals surface area contributed by atoms with Crippen molar-refractivity contribution in [1.29, 1.82) is 0 Å². The van der Waals surface area contributed by atoms with Crippen LogP contribution >= 0.6 is 0 Å². The summed E-state index contributed by atoms with van der Waals surface area (Å²) < 4.78 is 5.92. The molecule has 5 rings (SSSR count). The molecule has 5 saturated heterocycles. The highest BCUT2D eigenvalue weighted by Crippen LogP contribution is 2.37. The largest absolute Gasteiger partial charge is 0.376 e. The third-order valence-corrected chi connectivity index (χ3v) is 6.65. The van der Waals surface area contributed by atoms with E-state index in [1.165, 1.54) is 12.8 Å². The Morgan fingerprint density at radius 3 is 2.00 bits per heavy atom. The smallest absolute Gasteiger partial charge is 0.216 e. The van der Waals surface area contributed by atoms with Gasteiger partial charge in [-0.2, -0.15) is 0 Å². The molecule has 0 radical (unpaired) electrons. The second-order valence-electron chi connectivity index (χ2n) is 9.31. The van der Waals surface area contributed by atoms with Gasteiger partial charge in [-0.15, -0.1) is 0 Å². The quantitative estimate of drug-likeness (QED) is 0.645. The number of Topliss-reactive ketones (excluding diaryl/α,β-unsaturated/α-hetero) is 1. The van der Waals surface area contributed by atoms with E-state index in [2.05, 4.69) is 27.7 Å². The summed E-state index contributed by atoms with van der Waals surface area (Å²) in [6.45, 7) is 14.1. The number of hydrogen-bond acceptors (Lipinski definition) is 2. The fourth-order valence-corrected chi connectivity index (χ4v) is 6.26. The SMILES string of the molecule is CC1(C)C[C@H](C2[NH+]3CC4(C)C[NH+]2CC(C)(C3)C4=O)CCO1. The van der Waals surface area contributed by atoms with E-state index >= 15 is 0 Å². The molecule has 5 aliphatic rings. The minimum Gasteiger partial charge on any atom is -0.376 e. The van der Waals surface area contributed by atoms with Gasteiger partial charge in [0.2, 0.25) is 6.17 Å². The third-order valence-electron chi connectivity index (χ3n) is 6.65. The zero-order valence-electron chi connectivity index (χ0n) is 13.9. The number of ether oxygens (including phenoxy) is 1. The van der Waals surface area contributed by atoms with E-state index in [1.54, 1.807) is 9.80 Å². The van der Waals surface area contributed by atoms with Gasteiger partial charge in [0.25, 0.3) is 0 Å². The van der Waals surface area contributed by atoms with Gasteiger partial charge in [0.1, 0.15) is 10.8 Å². The van der Waals surface area contributed by atoms with Crippen molar-refractivity contribution >= 4 is 5.78 Å². The van der Waals surface area contributed by atoms with Crippen LogP contribution in [0.2, 0.25) is 0 Å². The monoisotopic (exact) mass is 294 g/mol. The highest BCUT2D eigenvalue weighted by molar-refractivity contribution is 5.91. The average Bonchev–Trinajstić information content (AvgIpc) is 2.33. The Bertz CT molecular complexity index is 447. The summed E-state index contributed by atoms with van der Waals surface area (Å²) in [4.78, 5) is 16.2. The molecule has 0 unspecified atom stereocenters. The van der Waals surface area contributed by atoms with Crippen LogP contribution in [0.5, 0.6) is 0 Å². The van der Waals surface area contributed by atoms with E-state index in [1.807, 2.05) is 0 Å². The lowest BCUT2D eigenvalue weighted by Crippen LogP contribution is -3.45. The van der Waals surface area contributed by atoms with Crippen LogP contribution in [0.4, 0.5) is 0 Å². The number of rotatable bonds is 1. The van der Waals surface area contributed by atoms with Crippen LogP contribution in [0.3, 0.4) is 0 Å². The molecular weight excluding hydrogens is 264 g/mol. The maximum Gasteiger partial charge on any atom is 0.216 e. The fraction of sp³-hybridized carbons (Fsp3) is 0.941. The maximum absolute atomic E-state index is 12.8. The number of carbonyl (C=O) groups excluding carboxylic acids is 1. The van der Waals surface area contributed by atoms with E-state index in [-0.39, 0.29) is 16.4 Å². The Morgan fingerprint density at radius 2 is 1.52 bits per heavy atom. The molecule has 5 fully saturated rings. The minimum atomic E-state index is -0.0624. The van der Waals surface area contributed by atoms with Crippen molar-refractivity contribution in [3.8, 4) is 0 Å². The Labute approximate surface area is 127 Å². The van der Waals surface area contributed by atoms with E-state index in [9.17, 15) is 4.79 Å². The third kappa shape index (κ3) is 1.95. The van der Waals surface area contributed by atoms with Crippen LogP contribution in [-0.2, 0) is 9.53 Å². The van der Waals surface area contributed by atoms with Gasteiger partial charge >= 0.3 is 0 Å². The first-order chi connectivity index (χ1) is 9.73. The molecule has 118 valence electrons. The van der Waals surface area contributed by atoms with Crippen molar-refractivity contribution < 1.29 is 19.3 Å². The Morgan fingerprint density at radius 1 is 1.00 bits per heavy atom. The second-order valence-corrected chi connectivity index (χ2v) is 9.31. The topological polar surface area (TPSA) is 35.2 Å². The first-order valence-electron chi connectivity index (χ1n) is 8.61. The average molecular weight is 294 g/mol. The van der Waals surface area contributed by atoms with E-state index in [0.717, 1.165) is 38.7 Å². The number of nitrogens with one attached hydrogen (secondary N) is 2. The van der Waals surface area contributed by atoms with Gasteiger partial charge in [-0.05, 0) is 40.5 Å². The van der Waals surface area contributed by atoms with Crippen molar-refractivity contribution in [2.24, 2.45) is 16.7 Å². The lowest BCUT2D eigenvalue weighted by atomic mass is 9.61. The van der Waals surface area contributed by atoms with Crippen LogP contribution in [0.25, 0.3) is 0 Å². The summed E-state index contributed by atoms with van der Waals surface area (Å²) in [5.74, 6) is 1.30. The fourth-order valence-electron chi connectivity index (χ4n) is 6.26. The number of ketones is 1. The molecule has 0 spiro atoms. The molecule has 2 N–H and O–H groups in total. The van der Waals surface area contributed by atoms with Crippen LogP contribution in [-0.4, -0.2) is 50.3 Å². The molecule has 5 heterocycles. The van der Waals surface area contributed by atoms with E-state index < -0.39 is 0 Å². The van der Waals surface area contributed by atoms with Gasteiger partial charge in [-0.25, -0.2) is 0 Å². The second kappa shape index (κ2) is 4.09. The van der Waals surface area contributed by atoms with Crippen molar-refractivity contribution in [2.45, 2.75) is 52.3 Å². The van der Waals surface area contributed by atoms with Crippen molar-refractivity contribution in [2.75, 3.05) is 32.8 Å². The van der Waals surface area contributed by atoms with Gasteiger partial charge in [0.15, 0.2) is 5.78 Å². The molecule has 0 saturated carbocycles. The predicted octanol–water partition coefficient (Wildman–Crippen LogP) is -1.09. The number of piperidine rings is 2.